The highest BCUT2D eigenvalue weighted by molar-refractivity contribution is 9.10. The van der Waals surface area contributed by atoms with E-state index in [1.807, 2.05) is 12.1 Å². The van der Waals surface area contributed by atoms with Crippen LogP contribution in [-0.2, 0) is 16.1 Å². The van der Waals surface area contributed by atoms with Gasteiger partial charge in [0.25, 0.3) is 0 Å². The lowest BCUT2D eigenvalue weighted by Crippen LogP contribution is -2.44. The second kappa shape index (κ2) is 8.81. The maximum atomic E-state index is 12.1. The van der Waals surface area contributed by atoms with Gasteiger partial charge in [-0.1, -0.05) is 38.1 Å². The average molecular weight is 539 g/mol. The highest BCUT2D eigenvalue weighted by Gasteiger charge is 2.29. The molecule has 2 heterocycles. The van der Waals surface area contributed by atoms with Gasteiger partial charge in [0.1, 0.15) is 12.6 Å². The number of alkyl carbamates (subject to hydrolysis) is 1. The Bertz CT molecular complexity index is 1470. The molecule has 3 N–H and O–H groups in total. The number of carboxylic acids is 1. The van der Waals surface area contributed by atoms with Crippen LogP contribution in [0, 0.1) is 12.8 Å². The molecule has 0 radical (unpaired) electrons. The van der Waals surface area contributed by atoms with Crippen LogP contribution in [0.3, 0.4) is 0 Å². The molecule has 0 aliphatic heterocycles. The zero-order valence-corrected chi connectivity index (χ0v) is 20.9. The third-order valence-electron chi connectivity index (χ3n) is 6.21. The van der Waals surface area contributed by atoms with Crippen molar-refractivity contribution in [1.29, 1.82) is 0 Å². The van der Waals surface area contributed by atoms with Crippen molar-refractivity contribution in [2.75, 3.05) is 6.61 Å². The number of aliphatic carboxylic acids is 1. The average Bonchev–Trinajstić information content (AvgIpc) is 3.39. The second-order valence-corrected chi connectivity index (χ2v) is 9.58. The van der Waals surface area contributed by atoms with E-state index in [4.69, 9.17) is 4.74 Å². The Morgan fingerprint density at radius 3 is 2.71 bits per heavy atom. The number of aromatic amines is 1. The Kier molecular flexibility index (Phi) is 5.79. The number of ether oxygens (including phenoxy) is 1. The van der Waals surface area contributed by atoms with Crippen molar-refractivity contribution >= 4 is 38.9 Å². The van der Waals surface area contributed by atoms with E-state index in [9.17, 15) is 14.7 Å². The normalized spacial score (nSPS) is 12.7. The summed E-state index contributed by atoms with van der Waals surface area (Å²) in [7, 11) is 0. The minimum absolute atomic E-state index is 0.0315. The Morgan fingerprint density at radius 2 is 1.97 bits per heavy atom. The van der Waals surface area contributed by atoms with E-state index in [1.165, 1.54) is 0 Å². The fraction of sp³-hybridized carbons (Fsp3) is 0.292. The van der Waals surface area contributed by atoms with Crippen molar-refractivity contribution in [1.82, 2.24) is 30.5 Å². The van der Waals surface area contributed by atoms with Crippen LogP contribution in [0.5, 0.6) is 0 Å². The molecule has 0 fully saturated rings. The predicted molar refractivity (Wildman–Crippen MR) is 133 cm³/mol. The van der Waals surface area contributed by atoms with E-state index >= 15 is 0 Å². The molecule has 180 valence electrons. The molecule has 1 amide bonds. The monoisotopic (exact) mass is 538 g/mol. The smallest absolute Gasteiger partial charge is 0.407 e. The molecule has 4 aromatic rings. The summed E-state index contributed by atoms with van der Waals surface area (Å²) in [6, 6.07) is 9.23. The van der Waals surface area contributed by atoms with Crippen LogP contribution in [0.2, 0.25) is 0 Å². The van der Waals surface area contributed by atoms with Crippen molar-refractivity contribution in [3.8, 4) is 33.8 Å². The van der Waals surface area contributed by atoms with Gasteiger partial charge < -0.3 is 20.1 Å². The maximum absolute atomic E-state index is 12.1. The Morgan fingerprint density at radius 1 is 1.20 bits per heavy atom. The maximum Gasteiger partial charge on any atom is 0.407 e. The first-order chi connectivity index (χ1) is 16.8. The highest BCUT2D eigenvalue weighted by Crippen LogP contribution is 2.50. The van der Waals surface area contributed by atoms with Crippen LogP contribution in [0.1, 0.15) is 19.4 Å². The number of tetrazole rings is 1. The molecule has 0 spiro atoms. The van der Waals surface area contributed by atoms with E-state index in [0.717, 1.165) is 48.9 Å². The van der Waals surface area contributed by atoms with Crippen molar-refractivity contribution in [3.05, 3.63) is 40.4 Å². The number of carbonyl (C=O) groups is 2. The first-order valence-corrected chi connectivity index (χ1v) is 11.9. The number of carbonyl (C=O) groups excluding carboxylic acids is 1. The number of hydrogen-bond acceptors (Lipinski definition) is 6. The number of fused-ring (bicyclic) bond motifs is 5. The third kappa shape index (κ3) is 3.85. The number of benzene rings is 2. The summed E-state index contributed by atoms with van der Waals surface area (Å²) in [6.45, 7) is 5.66. The predicted octanol–water partition coefficient (Wildman–Crippen LogP) is 4.38. The molecular formula is C24H23BrN6O4. The molecule has 2 aromatic carbocycles. The molecule has 0 saturated carbocycles. The van der Waals surface area contributed by atoms with Crippen LogP contribution in [0.25, 0.3) is 44.7 Å². The van der Waals surface area contributed by atoms with Gasteiger partial charge in [-0.15, -0.1) is 5.10 Å². The summed E-state index contributed by atoms with van der Waals surface area (Å²) in [5.41, 5.74) is 7.07. The summed E-state index contributed by atoms with van der Waals surface area (Å²) >= 11 is 3.79. The number of hydrogen-bond donors (Lipinski definition) is 3. The first kappa shape index (κ1) is 23.0. The molecule has 1 atom stereocenters. The van der Waals surface area contributed by atoms with Crippen LogP contribution in [0.4, 0.5) is 4.79 Å². The number of halogens is 1. The molecule has 5 rings (SSSR count). The molecular weight excluding hydrogens is 516 g/mol. The second-order valence-electron chi connectivity index (χ2n) is 8.79. The molecule has 11 heteroatoms. The van der Waals surface area contributed by atoms with Gasteiger partial charge in [-0.25, -0.2) is 14.3 Å². The van der Waals surface area contributed by atoms with Crippen LogP contribution >= 0.6 is 15.9 Å². The minimum Gasteiger partial charge on any atom is -0.480 e. The van der Waals surface area contributed by atoms with E-state index in [0.29, 0.717) is 5.82 Å². The van der Waals surface area contributed by atoms with Gasteiger partial charge in [-0.2, -0.15) is 0 Å². The number of rotatable bonds is 7. The van der Waals surface area contributed by atoms with E-state index < -0.39 is 18.1 Å². The summed E-state index contributed by atoms with van der Waals surface area (Å²) in [5, 5.41) is 25.1. The SMILES string of the molecule is Cc1ccc2[nH]c3c(Br)c2c1-c1cccc-3c1-c1nnnn1CCOC(=O)N[C@H](C(=O)O)C(C)C. The summed E-state index contributed by atoms with van der Waals surface area (Å²) in [4.78, 5) is 27.0. The molecule has 1 aliphatic carbocycles. The van der Waals surface area contributed by atoms with Gasteiger partial charge in [0.2, 0.25) is 0 Å². The van der Waals surface area contributed by atoms with Gasteiger partial charge in [-0.05, 0) is 62.0 Å². The summed E-state index contributed by atoms with van der Waals surface area (Å²) < 4.78 is 7.81. The quantitative estimate of drug-likeness (QED) is 0.280. The molecule has 2 aromatic heterocycles. The minimum atomic E-state index is -1.11. The fourth-order valence-corrected chi connectivity index (χ4v) is 5.26. The molecule has 10 nitrogen and oxygen atoms in total. The van der Waals surface area contributed by atoms with Gasteiger partial charge >= 0.3 is 12.1 Å². The first-order valence-electron chi connectivity index (χ1n) is 11.1. The Labute approximate surface area is 208 Å². The number of nitrogens with one attached hydrogen (secondary N) is 2. The molecule has 35 heavy (non-hydrogen) atoms. The van der Waals surface area contributed by atoms with Gasteiger partial charge in [0, 0.05) is 22.0 Å². The Balaban J connectivity index is 1.44. The number of nitrogens with zero attached hydrogens (tertiary/aromatic N) is 4. The van der Waals surface area contributed by atoms with E-state index in [1.54, 1.807) is 18.5 Å². The Hall–Kier alpha value is -3.73. The van der Waals surface area contributed by atoms with Gasteiger partial charge in [-0.3, -0.25) is 0 Å². The summed E-state index contributed by atoms with van der Waals surface area (Å²) in [5.74, 6) is -0.848. The van der Waals surface area contributed by atoms with Crippen molar-refractivity contribution in [2.45, 2.75) is 33.4 Å². The third-order valence-corrected chi connectivity index (χ3v) is 7.01. The standard InChI is InChI=1S/C24H23BrN6O4/c1-11(2)20(23(32)33)27-24(34)35-10-9-31-22(28-29-30-31)17-13-5-4-6-14(17)21-19(25)18-15(26-21)8-7-12(3)16(13)18/h4-8,11,20,26H,9-10H2,1-3H3,(H,27,34)(H,32,33)/t20-/m0/s1. The topological polar surface area (TPSA) is 135 Å². The number of H-pyrrole nitrogens is 1. The highest BCUT2D eigenvalue weighted by atomic mass is 79.9. The fourth-order valence-electron chi connectivity index (χ4n) is 4.54. The molecule has 0 saturated heterocycles. The van der Waals surface area contributed by atoms with Crippen molar-refractivity contribution < 1.29 is 19.4 Å². The largest absolute Gasteiger partial charge is 0.480 e. The number of aryl methyl sites for hydroxylation is 1. The lowest BCUT2D eigenvalue weighted by Gasteiger charge is -2.18. The summed E-state index contributed by atoms with van der Waals surface area (Å²) in [6.07, 6.45) is -0.801. The molecule has 0 unspecified atom stereocenters. The number of carboxylic acid groups (broad SMARTS) is 1. The molecule has 1 aliphatic rings. The number of aromatic nitrogens is 5. The lowest BCUT2D eigenvalue weighted by molar-refractivity contribution is -0.140. The van der Waals surface area contributed by atoms with Gasteiger partial charge in [0.05, 0.1) is 16.7 Å². The van der Waals surface area contributed by atoms with Crippen LogP contribution in [0.15, 0.2) is 34.8 Å². The zero-order valence-electron chi connectivity index (χ0n) is 19.3. The van der Waals surface area contributed by atoms with Crippen molar-refractivity contribution in [3.63, 3.8) is 0 Å². The zero-order chi connectivity index (χ0) is 24.9. The van der Waals surface area contributed by atoms with Gasteiger partial charge in [0.15, 0.2) is 5.82 Å². The van der Waals surface area contributed by atoms with Crippen LogP contribution < -0.4 is 5.32 Å². The van der Waals surface area contributed by atoms with Crippen LogP contribution in [-0.4, -0.2) is 55.0 Å². The molecule has 4 bridgehead atoms. The van der Waals surface area contributed by atoms with Crippen molar-refractivity contribution in [2.24, 2.45) is 5.92 Å². The van der Waals surface area contributed by atoms with E-state index in [-0.39, 0.29) is 19.1 Å². The lowest BCUT2D eigenvalue weighted by atomic mass is 9.91. The number of amides is 1. The van der Waals surface area contributed by atoms with E-state index in [2.05, 4.69) is 66.9 Å².